The quantitative estimate of drug-likeness (QED) is 0.328. The normalized spacial score (nSPS) is 15.3. The molecule has 0 bridgehead atoms. The highest BCUT2D eigenvalue weighted by Crippen LogP contribution is 2.26. The molecule has 0 fully saturated rings. The van der Waals surface area contributed by atoms with Crippen LogP contribution in [0.5, 0.6) is 5.75 Å². The Morgan fingerprint density at radius 2 is 2.08 bits per heavy atom. The van der Waals surface area contributed by atoms with E-state index < -0.39 is 0 Å². The molecule has 60 valence electrons. The Hall–Kier alpha value is -1.57. The van der Waals surface area contributed by atoms with Crippen molar-refractivity contribution in [3.8, 4) is 5.75 Å². The summed E-state index contributed by atoms with van der Waals surface area (Å²) in [5, 5.41) is 0. The van der Waals surface area contributed by atoms with Gasteiger partial charge in [0.25, 0.3) is 0 Å². The fraction of sp³-hybridized carbons (Fsp3) is 0.100. The topological polar surface area (TPSA) is 26.3 Å². The molecule has 2 rings (SSSR count). The average molecular weight is 160 g/mol. The van der Waals surface area contributed by atoms with Gasteiger partial charge in [-0.3, -0.25) is 0 Å². The lowest BCUT2D eigenvalue weighted by Crippen LogP contribution is -2.18. The summed E-state index contributed by atoms with van der Waals surface area (Å²) in [6.45, 7) is 3.62. The predicted octanol–water partition coefficient (Wildman–Crippen LogP) is 1.70. The van der Waals surface area contributed by atoms with Gasteiger partial charge in [0.2, 0.25) is 0 Å². The molecule has 0 aromatic heterocycles. The minimum absolute atomic E-state index is 0.311. The molecule has 1 aliphatic heterocycles. The van der Waals surface area contributed by atoms with Crippen LogP contribution in [0.4, 0.5) is 0 Å². The van der Waals surface area contributed by atoms with Gasteiger partial charge in [-0.1, -0.05) is 24.8 Å². The van der Waals surface area contributed by atoms with Gasteiger partial charge in [-0.25, -0.2) is 4.79 Å². The number of fused-ring (bicyclic) bond motifs is 1. The lowest BCUT2D eigenvalue weighted by Gasteiger charge is -2.16. The fourth-order valence-electron chi connectivity index (χ4n) is 1.22. The van der Waals surface area contributed by atoms with Gasteiger partial charge < -0.3 is 4.74 Å². The molecule has 0 spiro atoms. The van der Waals surface area contributed by atoms with E-state index >= 15 is 0 Å². The lowest BCUT2D eigenvalue weighted by molar-refractivity contribution is -0.130. The number of rotatable bonds is 0. The number of hydrogen-bond acceptors (Lipinski definition) is 2. The molecule has 1 aromatic carbocycles. The van der Waals surface area contributed by atoms with E-state index in [1.54, 1.807) is 6.07 Å². The van der Waals surface area contributed by atoms with Crippen molar-refractivity contribution in [3.05, 3.63) is 42.0 Å². The van der Waals surface area contributed by atoms with E-state index in [0.717, 1.165) is 5.56 Å². The summed E-state index contributed by atoms with van der Waals surface area (Å²) in [6, 6.07) is 7.50. The van der Waals surface area contributed by atoms with Crippen LogP contribution in [0.3, 0.4) is 0 Å². The first-order chi connectivity index (χ1) is 5.77. The Balaban J connectivity index is 2.47. The van der Waals surface area contributed by atoms with E-state index in [1.165, 1.54) is 0 Å². The maximum atomic E-state index is 11.0. The Morgan fingerprint density at radius 1 is 1.33 bits per heavy atom. The van der Waals surface area contributed by atoms with Gasteiger partial charge in [0.05, 0.1) is 0 Å². The summed E-state index contributed by atoms with van der Waals surface area (Å²) in [6.07, 6.45) is 0.606. The highest BCUT2D eigenvalue weighted by atomic mass is 16.5. The zero-order chi connectivity index (χ0) is 8.55. The van der Waals surface area contributed by atoms with Crippen molar-refractivity contribution in [1.82, 2.24) is 0 Å². The van der Waals surface area contributed by atoms with Crippen molar-refractivity contribution in [3.63, 3.8) is 0 Å². The van der Waals surface area contributed by atoms with E-state index in [2.05, 4.69) is 6.58 Å². The van der Waals surface area contributed by atoms with E-state index in [-0.39, 0.29) is 5.97 Å². The van der Waals surface area contributed by atoms with Crippen LogP contribution in [0.2, 0.25) is 0 Å². The number of benzene rings is 1. The molecule has 1 aromatic rings. The van der Waals surface area contributed by atoms with Crippen LogP contribution < -0.4 is 4.74 Å². The molecule has 0 atom stereocenters. The van der Waals surface area contributed by atoms with Gasteiger partial charge >= 0.3 is 5.97 Å². The van der Waals surface area contributed by atoms with Gasteiger partial charge in [0.1, 0.15) is 5.75 Å². The second kappa shape index (κ2) is 2.48. The molecule has 0 amide bonds. The van der Waals surface area contributed by atoms with Gasteiger partial charge in [0.15, 0.2) is 0 Å². The van der Waals surface area contributed by atoms with E-state index in [4.69, 9.17) is 4.74 Å². The van der Waals surface area contributed by atoms with Crippen LogP contribution in [0.25, 0.3) is 0 Å². The zero-order valence-electron chi connectivity index (χ0n) is 6.54. The molecule has 0 saturated carbocycles. The monoisotopic (exact) mass is 160 g/mol. The molecule has 0 unspecified atom stereocenters. The standard InChI is InChI=1S/C10H8O2/c1-7-6-8-4-2-3-5-9(8)12-10(7)11/h2-5H,1,6H2. The number of carbonyl (C=O) groups excluding carboxylic acids is 1. The average Bonchev–Trinajstić information content (AvgIpc) is 2.07. The van der Waals surface area contributed by atoms with Crippen LogP contribution >= 0.6 is 0 Å². The van der Waals surface area contributed by atoms with Crippen molar-refractivity contribution in [2.75, 3.05) is 0 Å². The predicted molar refractivity (Wildman–Crippen MR) is 44.9 cm³/mol. The Labute approximate surface area is 70.5 Å². The number of para-hydroxylation sites is 1. The molecule has 1 heterocycles. The number of hydrogen-bond donors (Lipinski definition) is 0. The van der Waals surface area contributed by atoms with Gasteiger partial charge in [-0.05, 0) is 11.6 Å². The van der Waals surface area contributed by atoms with E-state index in [1.807, 2.05) is 18.2 Å². The largest absolute Gasteiger partial charge is 0.423 e. The summed E-state index contributed by atoms with van der Waals surface area (Å²) >= 11 is 0. The summed E-state index contributed by atoms with van der Waals surface area (Å²) in [5.74, 6) is 0.351. The van der Waals surface area contributed by atoms with Gasteiger partial charge in [0, 0.05) is 12.0 Å². The fourth-order valence-corrected chi connectivity index (χ4v) is 1.22. The van der Waals surface area contributed by atoms with Crippen molar-refractivity contribution in [1.29, 1.82) is 0 Å². The first-order valence-electron chi connectivity index (χ1n) is 3.75. The molecule has 12 heavy (non-hydrogen) atoms. The maximum Gasteiger partial charge on any atom is 0.339 e. The number of esters is 1. The van der Waals surface area contributed by atoms with Crippen LogP contribution in [-0.2, 0) is 11.2 Å². The molecular weight excluding hydrogens is 152 g/mol. The first kappa shape index (κ1) is 7.10. The van der Waals surface area contributed by atoms with Crippen molar-refractivity contribution in [2.45, 2.75) is 6.42 Å². The second-order valence-electron chi connectivity index (χ2n) is 2.78. The van der Waals surface area contributed by atoms with E-state index in [9.17, 15) is 4.79 Å². The molecule has 0 saturated heterocycles. The molecule has 0 radical (unpaired) electrons. The summed E-state index contributed by atoms with van der Waals surface area (Å²) in [7, 11) is 0. The molecule has 0 aliphatic carbocycles. The van der Waals surface area contributed by atoms with E-state index in [0.29, 0.717) is 17.7 Å². The molecule has 2 heteroatoms. The second-order valence-corrected chi connectivity index (χ2v) is 2.78. The minimum Gasteiger partial charge on any atom is -0.423 e. The van der Waals surface area contributed by atoms with Crippen LogP contribution in [0, 0.1) is 0 Å². The highest BCUT2D eigenvalue weighted by molar-refractivity contribution is 5.91. The number of carbonyl (C=O) groups is 1. The van der Waals surface area contributed by atoms with Gasteiger partial charge in [-0.15, -0.1) is 0 Å². The molecular formula is C10H8O2. The minimum atomic E-state index is -0.311. The van der Waals surface area contributed by atoms with Crippen molar-refractivity contribution in [2.24, 2.45) is 0 Å². The smallest absolute Gasteiger partial charge is 0.339 e. The molecule has 0 N–H and O–H groups in total. The Morgan fingerprint density at radius 3 is 2.92 bits per heavy atom. The SMILES string of the molecule is C=C1Cc2ccccc2OC1=O. The third-order valence-corrected chi connectivity index (χ3v) is 1.87. The van der Waals surface area contributed by atoms with Gasteiger partial charge in [-0.2, -0.15) is 0 Å². The highest BCUT2D eigenvalue weighted by Gasteiger charge is 2.19. The summed E-state index contributed by atoms with van der Waals surface area (Å²) in [5.41, 5.74) is 1.55. The Kier molecular flexibility index (Phi) is 1.47. The van der Waals surface area contributed by atoms with Crippen molar-refractivity contribution >= 4 is 5.97 Å². The molecule has 1 aliphatic rings. The van der Waals surface area contributed by atoms with Crippen molar-refractivity contribution < 1.29 is 9.53 Å². The zero-order valence-corrected chi connectivity index (χ0v) is 6.54. The third-order valence-electron chi connectivity index (χ3n) is 1.87. The maximum absolute atomic E-state index is 11.0. The summed E-state index contributed by atoms with van der Waals surface area (Å²) < 4.78 is 5.01. The van der Waals surface area contributed by atoms with Crippen LogP contribution in [0.1, 0.15) is 5.56 Å². The summed E-state index contributed by atoms with van der Waals surface area (Å²) in [4.78, 5) is 11.0. The van der Waals surface area contributed by atoms with Crippen LogP contribution in [-0.4, -0.2) is 5.97 Å². The lowest BCUT2D eigenvalue weighted by atomic mass is 10.0. The van der Waals surface area contributed by atoms with Crippen LogP contribution in [0.15, 0.2) is 36.4 Å². The number of ether oxygens (including phenoxy) is 1. The Bertz CT molecular complexity index is 318. The third kappa shape index (κ3) is 1.01. The first-order valence-corrected chi connectivity index (χ1v) is 3.75. The molecule has 2 nitrogen and oxygen atoms in total.